The Morgan fingerprint density at radius 2 is 0.540 bits per heavy atom. The highest BCUT2D eigenvalue weighted by atomic mass is 16.5. The molecule has 6 nitrogen and oxygen atoms in total. The third-order valence-corrected chi connectivity index (χ3v) is 19.3. The minimum absolute atomic E-state index is 0.0206. The molecule has 0 aromatic heterocycles. The number of aliphatic hydroxyl groups is 2. The summed E-state index contributed by atoms with van der Waals surface area (Å²) < 4.78 is 5.52. The molecule has 0 rings (SSSR count). The maximum atomic E-state index is 12.6. The van der Waals surface area contributed by atoms with Crippen LogP contribution in [0.4, 0.5) is 0 Å². The lowest BCUT2D eigenvalue weighted by Crippen LogP contribution is -2.45. The predicted molar refractivity (Wildman–Crippen MR) is 384 cm³/mol. The van der Waals surface area contributed by atoms with Gasteiger partial charge in [-0.05, 0) is 51.4 Å². The molecule has 1 amide bonds. The Kier molecular flexibility index (Phi) is 75.8. The molecule has 0 aromatic carbocycles. The molecule has 0 fully saturated rings. The number of carbonyl (C=O) groups is 2. The highest BCUT2D eigenvalue weighted by molar-refractivity contribution is 5.76. The first kappa shape index (κ1) is 85.6. The van der Waals surface area contributed by atoms with Gasteiger partial charge in [0.25, 0.3) is 0 Å². The van der Waals surface area contributed by atoms with Crippen LogP contribution in [0.1, 0.15) is 470 Å². The molecule has 0 spiro atoms. The smallest absolute Gasteiger partial charge is 0.305 e. The number of unbranched alkanes of at least 4 members (excludes halogenated alkanes) is 64. The van der Waals surface area contributed by atoms with Crippen molar-refractivity contribution in [3.8, 4) is 0 Å². The van der Waals surface area contributed by atoms with Gasteiger partial charge in [-0.1, -0.05) is 418 Å². The maximum absolute atomic E-state index is 12.6. The minimum Gasteiger partial charge on any atom is -0.466 e. The zero-order valence-corrected chi connectivity index (χ0v) is 59.5. The number of amides is 1. The SMILES string of the molecule is CCCCCCCC/C=C\CCCCCCCCCCCC(=O)OCCCCCCCCCCCCCCCCCCCCCCCCCCCCCCCC(=O)NC(CO)C(O)CCCCCCCCCCCCCCCCCCCCCCCC. The lowest BCUT2D eigenvalue weighted by atomic mass is 10.0. The van der Waals surface area contributed by atoms with Gasteiger partial charge in [0.05, 0.1) is 25.4 Å². The van der Waals surface area contributed by atoms with E-state index in [1.54, 1.807) is 0 Å². The minimum atomic E-state index is -0.663. The molecule has 0 bridgehead atoms. The molecule has 2 atom stereocenters. The van der Waals surface area contributed by atoms with Crippen molar-refractivity contribution in [1.29, 1.82) is 0 Å². The molecule has 0 aliphatic carbocycles. The summed E-state index contributed by atoms with van der Waals surface area (Å²) in [5.41, 5.74) is 0. The largest absolute Gasteiger partial charge is 0.466 e. The quantitative estimate of drug-likeness (QED) is 0.0320. The average molecular weight is 1230 g/mol. The molecule has 0 aromatic rings. The van der Waals surface area contributed by atoms with Crippen LogP contribution in [0, 0.1) is 0 Å². The van der Waals surface area contributed by atoms with Gasteiger partial charge in [-0.25, -0.2) is 0 Å². The molecule has 518 valence electrons. The first-order valence-corrected chi connectivity index (χ1v) is 40.4. The van der Waals surface area contributed by atoms with Crippen molar-refractivity contribution in [3.63, 3.8) is 0 Å². The van der Waals surface area contributed by atoms with Crippen molar-refractivity contribution in [2.45, 2.75) is 482 Å². The topological polar surface area (TPSA) is 95.9 Å². The summed E-state index contributed by atoms with van der Waals surface area (Å²) in [6, 6.07) is -0.539. The van der Waals surface area contributed by atoms with Gasteiger partial charge in [-0.15, -0.1) is 0 Å². The number of allylic oxidation sites excluding steroid dienone is 2. The van der Waals surface area contributed by atoms with E-state index in [0.29, 0.717) is 25.9 Å². The number of esters is 1. The van der Waals surface area contributed by atoms with Crippen LogP contribution in [0.3, 0.4) is 0 Å². The second-order valence-electron chi connectivity index (χ2n) is 28.1. The van der Waals surface area contributed by atoms with E-state index in [2.05, 4.69) is 31.3 Å². The summed E-state index contributed by atoms with van der Waals surface area (Å²) in [4.78, 5) is 24.7. The van der Waals surface area contributed by atoms with Crippen LogP contribution in [0.2, 0.25) is 0 Å². The molecule has 0 aliphatic rings. The van der Waals surface area contributed by atoms with Crippen molar-refractivity contribution in [2.75, 3.05) is 13.2 Å². The lowest BCUT2D eigenvalue weighted by Gasteiger charge is -2.22. The molecule has 0 heterocycles. The molecule has 0 aliphatic heterocycles. The van der Waals surface area contributed by atoms with Gasteiger partial charge in [-0.3, -0.25) is 9.59 Å². The monoisotopic (exact) mass is 1230 g/mol. The summed E-state index contributed by atoms with van der Waals surface area (Å²) in [5.74, 6) is -0.00488. The molecule has 0 saturated heterocycles. The van der Waals surface area contributed by atoms with Crippen molar-refractivity contribution < 1.29 is 24.5 Å². The van der Waals surface area contributed by atoms with Gasteiger partial charge in [0.1, 0.15) is 0 Å². The number of aliphatic hydroxyl groups excluding tert-OH is 2. The Hall–Kier alpha value is -1.40. The van der Waals surface area contributed by atoms with E-state index in [0.717, 1.165) is 38.5 Å². The number of rotatable bonds is 77. The third kappa shape index (κ3) is 73.5. The molecule has 0 radical (unpaired) electrons. The first-order valence-electron chi connectivity index (χ1n) is 40.4. The van der Waals surface area contributed by atoms with Gasteiger partial charge >= 0.3 is 5.97 Å². The second kappa shape index (κ2) is 77.1. The average Bonchev–Trinajstić information content (AvgIpc) is 3.52. The molecular formula is C81H159NO5. The molecule has 3 N–H and O–H groups in total. The summed E-state index contributed by atoms with van der Waals surface area (Å²) in [7, 11) is 0. The predicted octanol–water partition coefficient (Wildman–Crippen LogP) is 26.7. The van der Waals surface area contributed by atoms with E-state index in [-0.39, 0.29) is 18.5 Å². The highest BCUT2D eigenvalue weighted by Crippen LogP contribution is 2.20. The summed E-state index contributed by atoms with van der Waals surface area (Å²) >= 11 is 0. The number of hydrogen-bond acceptors (Lipinski definition) is 5. The maximum Gasteiger partial charge on any atom is 0.305 e. The summed E-state index contributed by atoms with van der Waals surface area (Å²) in [6.07, 6.45) is 97.3. The van der Waals surface area contributed by atoms with E-state index < -0.39 is 12.1 Å². The lowest BCUT2D eigenvalue weighted by molar-refractivity contribution is -0.143. The molecule has 0 saturated carbocycles. The van der Waals surface area contributed by atoms with Crippen LogP contribution in [0.15, 0.2) is 12.2 Å². The van der Waals surface area contributed by atoms with Crippen LogP contribution < -0.4 is 5.32 Å². The van der Waals surface area contributed by atoms with E-state index in [1.165, 1.54) is 398 Å². The fraction of sp³-hybridized carbons (Fsp3) is 0.951. The molecule has 87 heavy (non-hydrogen) atoms. The van der Waals surface area contributed by atoms with Crippen molar-refractivity contribution >= 4 is 11.9 Å². The zero-order valence-electron chi connectivity index (χ0n) is 59.5. The van der Waals surface area contributed by atoms with Crippen molar-refractivity contribution in [2.24, 2.45) is 0 Å². The summed E-state index contributed by atoms with van der Waals surface area (Å²) in [5, 5.41) is 23.5. The van der Waals surface area contributed by atoms with E-state index in [1.807, 2.05) is 0 Å². The van der Waals surface area contributed by atoms with Gasteiger partial charge < -0.3 is 20.3 Å². The van der Waals surface area contributed by atoms with Crippen LogP contribution in [0.5, 0.6) is 0 Å². The Morgan fingerprint density at radius 1 is 0.310 bits per heavy atom. The highest BCUT2D eigenvalue weighted by Gasteiger charge is 2.20. The third-order valence-electron chi connectivity index (χ3n) is 19.3. The fourth-order valence-corrected chi connectivity index (χ4v) is 13.2. The molecular weight excluding hydrogens is 1070 g/mol. The van der Waals surface area contributed by atoms with E-state index >= 15 is 0 Å². The Bertz CT molecular complexity index is 1320. The number of ether oxygens (including phenoxy) is 1. The summed E-state index contributed by atoms with van der Waals surface area (Å²) in [6.45, 7) is 5.01. The fourth-order valence-electron chi connectivity index (χ4n) is 13.2. The van der Waals surface area contributed by atoms with Gasteiger partial charge in [0, 0.05) is 12.8 Å². The second-order valence-corrected chi connectivity index (χ2v) is 28.1. The van der Waals surface area contributed by atoms with Crippen LogP contribution in [0.25, 0.3) is 0 Å². The number of carbonyl (C=O) groups excluding carboxylic acids is 2. The van der Waals surface area contributed by atoms with Crippen molar-refractivity contribution in [1.82, 2.24) is 5.32 Å². The van der Waals surface area contributed by atoms with E-state index in [4.69, 9.17) is 4.74 Å². The van der Waals surface area contributed by atoms with Gasteiger partial charge in [-0.2, -0.15) is 0 Å². The normalized spacial score (nSPS) is 12.5. The Balaban J connectivity index is 3.33. The standard InChI is InChI=1S/C81H159NO5/c1-3-5-7-9-11-13-15-17-19-21-23-24-34-38-41-45-49-53-57-61-65-69-73-79(84)78(77-83)82-80(85)74-70-66-62-58-54-50-46-42-39-35-32-30-28-26-25-27-29-31-33-36-40-44-48-52-56-60-64-68-72-76-87-81(86)75-71-67-63-59-55-51-47-43-37-22-20-18-16-14-12-10-8-6-4-2/h18,20,78-79,83-84H,3-17,19,21-77H2,1-2H3,(H,82,85)/b20-18-. The number of hydrogen-bond donors (Lipinski definition) is 3. The Labute approximate surface area is 546 Å². The van der Waals surface area contributed by atoms with Crippen LogP contribution in [-0.4, -0.2) is 47.4 Å². The van der Waals surface area contributed by atoms with Crippen molar-refractivity contribution in [3.05, 3.63) is 12.2 Å². The van der Waals surface area contributed by atoms with E-state index in [9.17, 15) is 19.8 Å². The van der Waals surface area contributed by atoms with Gasteiger partial charge in [0.2, 0.25) is 5.91 Å². The molecule has 6 heteroatoms. The first-order chi connectivity index (χ1) is 43.0. The van der Waals surface area contributed by atoms with Crippen LogP contribution >= 0.6 is 0 Å². The Morgan fingerprint density at radius 3 is 0.816 bits per heavy atom. The van der Waals surface area contributed by atoms with Gasteiger partial charge in [0.15, 0.2) is 0 Å². The zero-order chi connectivity index (χ0) is 62.8. The van der Waals surface area contributed by atoms with Crippen LogP contribution in [-0.2, 0) is 14.3 Å². The number of nitrogens with one attached hydrogen (secondary N) is 1. The molecule has 2 unspecified atom stereocenters.